The minimum atomic E-state index is -0.165. The molecular weight excluding hydrogens is 490 g/mol. The van der Waals surface area contributed by atoms with Crippen molar-refractivity contribution >= 4 is 0 Å². The number of fused-ring (bicyclic) bond motifs is 7. The number of allylic oxidation sites excluding steroid dienone is 1. The first kappa shape index (κ1) is 28.9. The molecule has 0 spiro atoms. The quantitative estimate of drug-likeness (QED) is 0.301. The van der Waals surface area contributed by atoms with Gasteiger partial charge in [0.2, 0.25) is 0 Å². The van der Waals surface area contributed by atoms with Crippen LogP contribution < -0.4 is 4.57 Å². The lowest BCUT2D eigenvalue weighted by molar-refractivity contribution is -0.690. The maximum Gasteiger partial charge on any atom is 0.172 e. The van der Waals surface area contributed by atoms with E-state index < -0.39 is 0 Å². The summed E-state index contributed by atoms with van der Waals surface area (Å²) in [6.07, 6.45) is 16.5. The standard InChI is InChI=1S/C37H58NO2/c1-24-19-25(2)21-38(20-24)22-26(3)27-11-16-37(23-39)18-17-35(7)28(32(27)37)9-10-30-34(6)14-13-31(40)33(4,5)29(34)12-15-36(30,35)8/h19-21,27-32,39-40H,3,9-18,22-23H2,1-2,4-8H3/q+1/t27-,28+,29-,30?,31?,32+,34-,35+,36+,37+/m0/s1. The Morgan fingerprint density at radius 1 is 0.850 bits per heavy atom. The van der Waals surface area contributed by atoms with Crippen LogP contribution in [0, 0.1) is 70.5 Å². The van der Waals surface area contributed by atoms with Crippen LogP contribution in [0.25, 0.3) is 0 Å². The van der Waals surface area contributed by atoms with Crippen molar-refractivity contribution in [2.24, 2.45) is 56.7 Å². The fourth-order valence-electron chi connectivity index (χ4n) is 12.9. The highest BCUT2D eigenvalue weighted by Gasteiger charge is 2.70. The molecule has 2 unspecified atom stereocenters. The van der Waals surface area contributed by atoms with Gasteiger partial charge in [-0.3, -0.25) is 0 Å². The first-order valence-electron chi connectivity index (χ1n) is 16.7. The first-order valence-corrected chi connectivity index (χ1v) is 16.7. The van der Waals surface area contributed by atoms with Crippen LogP contribution in [0.15, 0.2) is 30.6 Å². The SMILES string of the molecule is C=C(C[n+]1cc(C)cc(C)c1)[C@@H]1CC[C@]2(CO)CC[C@]3(C)[C@H](CCC4[C@@]5(C)CCC(O)C(C)(C)[C@@H]5CC[C@]43C)[C@@H]12. The van der Waals surface area contributed by atoms with Crippen molar-refractivity contribution in [2.45, 2.75) is 125 Å². The largest absolute Gasteiger partial charge is 0.396 e. The molecule has 3 nitrogen and oxygen atoms in total. The third kappa shape index (κ3) is 3.84. The Hall–Kier alpha value is -1.19. The summed E-state index contributed by atoms with van der Waals surface area (Å²) < 4.78 is 2.35. The van der Waals surface area contributed by atoms with Gasteiger partial charge in [0.05, 0.1) is 6.10 Å². The Bertz CT molecular complexity index is 1150. The molecule has 0 saturated heterocycles. The zero-order valence-corrected chi connectivity index (χ0v) is 26.7. The molecule has 6 rings (SSSR count). The monoisotopic (exact) mass is 548 g/mol. The van der Waals surface area contributed by atoms with Gasteiger partial charge in [0.25, 0.3) is 0 Å². The minimum absolute atomic E-state index is 0.00476. The van der Waals surface area contributed by atoms with Crippen molar-refractivity contribution in [1.82, 2.24) is 0 Å². The van der Waals surface area contributed by atoms with E-state index in [9.17, 15) is 10.2 Å². The van der Waals surface area contributed by atoms with E-state index in [-0.39, 0.29) is 16.9 Å². The van der Waals surface area contributed by atoms with Gasteiger partial charge in [-0.2, -0.15) is 0 Å². The second-order valence-electron chi connectivity index (χ2n) is 17.0. The van der Waals surface area contributed by atoms with E-state index in [1.807, 2.05) is 0 Å². The summed E-state index contributed by atoms with van der Waals surface area (Å²) in [7, 11) is 0. The van der Waals surface area contributed by atoms with Crippen LogP contribution in [-0.2, 0) is 6.54 Å². The Labute approximate surface area is 244 Å². The highest BCUT2D eigenvalue weighted by atomic mass is 16.3. The van der Waals surface area contributed by atoms with E-state index in [0.717, 1.165) is 25.3 Å². The van der Waals surface area contributed by atoms with Crippen molar-refractivity contribution in [3.63, 3.8) is 0 Å². The Morgan fingerprint density at radius 2 is 1.55 bits per heavy atom. The molecule has 1 aromatic rings. The number of hydrogen-bond donors (Lipinski definition) is 2. The minimum Gasteiger partial charge on any atom is -0.396 e. The molecule has 10 atom stereocenters. The molecule has 5 saturated carbocycles. The predicted molar refractivity (Wildman–Crippen MR) is 162 cm³/mol. The van der Waals surface area contributed by atoms with E-state index in [4.69, 9.17) is 6.58 Å². The molecule has 1 aromatic heterocycles. The average molecular weight is 549 g/mol. The van der Waals surface area contributed by atoms with E-state index in [1.165, 1.54) is 68.1 Å². The molecule has 5 aliphatic rings. The third-order valence-corrected chi connectivity index (χ3v) is 15.0. The van der Waals surface area contributed by atoms with E-state index in [0.29, 0.717) is 46.5 Å². The van der Waals surface area contributed by atoms with Gasteiger partial charge < -0.3 is 10.2 Å². The molecule has 0 radical (unpaired) electrons. The summed E-state index contributed by atoms with van der Waals surface area (Å²) in [6, 6.07) is 2.25. The maximum atomic E-state index is 11.0. The fraction of sp³-hybridized carbons (Fsp3) is 0.811. The lowest BCUT2D eigenvalue weighted by Gasteiger charge is -2.73. The van der Waals surface area contributed by atoms with E-state index in [1.54, 1.807) is 0 Å². The van der Waals surface area contributed by atoms with Crippen molar-refractivity contribution < 1.29 is 14.8 Å². The van der Waals surface area contributed by atoms with E-state index in [2.05, 4.69) is 71.5 Å². The summed E-state index contributed by atoms with van der Waals surface area (Å²) >= 11 is 0. The number of nitrogens with zero attached hydrogens (tertiary/aromatic N) is 1. The molecule has 5 fully saturated rings. The third-order valence-electron chi connectivity index (χ3n) is 15.0. The molecule has 0 aromatic carbocycles. The summed E-state index contributed by atoms with van der Waals surface area (Å²) in [5, 5.41) is 22.0. The molecule has 0 bridgehead atoms. The van der Waals surface area contributed by atoms with Gasteiger partial charge in [0, 0.05) is 17.7 Å². The van der Waals surface area contributed by atoms with Gasteiger partial charge in [-0.15, -0.1) is 0 Å². The van der Waals surface area contributed by atoms with Crippen LogP contribution in [0.3, 0.4) is 0 Å². The van der Waals surface area contributed by atoms with E-state index >= 15 is 0 Å². The lowest BCUT2D eigenvalue weighted by Crippen LogP contribution is -2.66. The lowest BCUT2D eigenvalue weighted by atomic mass is 9.32. The van der Waals surface area contributed by atoms with Gasteiger partial charge >= 0.3 is 0 Å². The maximum absolute atomic E-state index is 11.0. The topological polar surface area (TPSA) is 44.3 Å². The summed E-state index contributed by atoms with van der Waals surface area (Å²) in [6.45, 7) is 23.1. The van der Waals surface area contributed by atoms with Crippen molar-refractivity contribution in [2.75, 3.05) is 6.61 Å². The molecule has 40 heavy (non-hydrogen) atoms. The van der Waals surface area contributed by atoms with Crippen molar-refractivity contribution in [1.29, 1.82) is 0 Å². The number of aliphatic hydroxyl groups excluding tert-OH is 2. The smallest absolute Gasteiger partial charge is 0.172 e. The summed E-state index contributed by atoms with van der Waals surface area (Å²) in [5.41, 5.74) is 5.00. The molecule has 2 N–H and O–H groups in total. The zero-order chi connectivity index (χ0) is 28.9. The highest BCUT2D eigenvalue weighted by molar-refractivity contribution is 5.22. The van der Waals surface area contributed by atoms with Crippen molar-refractivity contribution in [3.05, 3.63) is 41.7 Å². The Kier molecular flexibility index (Phi) is 6.80. The highest BCUT2D eigenvalue weighted by Crippen LogP contribution is 2.77. The molecule has 0 aliphatic heterocycles. The van der Waals surface area contributed by atoms with Gasteiger partial charge in [-0.1, -0.05) is 41.2 Å². The zero-order valence-electron chi connectivity index (χ0n) is 26.7. The van der Waals surface area contributed by atoms with Gasteiger partial charge in [0.1, 0.15) is 0 Å². The van der Waals surface area contributed by atoms with Crippen molar-refractivity contribution in [3.8, 4) is 0 Å². The van der Waals surface area contributed by atoms with Crippen LogP contribution in [0.4, 0.5) is 0 Å². The van der Waals surface area contributed by atoms with Gasteiger partial charge in [-0.25, -0.2) is 4.57 Å². The van der Waals surface area contributed by atoms with Gasteiger partial charge in [-0.05, 0) is 146 Å². The molecular formula is C37H58NO2+. The molecule has 3 heteroatoms. The van der Waals surface area contributed by atoms with Gasteiger partial charge in [0.15, 0.2) is 18.9 Å². The average Bonchev–Trinajstić information content (AvgIpc) is 3.27. The summed E-state index contributed by atoms with van der Waals surface area (Å²) in [4.78, 5) is 0. The molecule has 5 aliphatic carbocycles. The molecule has 0 amide bonds. The fourth-order valence-corrected chi connectivity index (χ4v) is 12.9. The van der Waals surface area contributed by atoms with Crippen LogP contribution in [-0.4, -0.2) is 22.9 Å². The number of aryl methyl sites for hydroxylation is 2. The number of rotatable bonds is 4. The van der Waals surface area contributed by atoms with Crippen LogP contribution in [0.5, 0.6) is 0 Å². The normalized spacial score (nSPS) is 47.5. The number of aromatic nitrogens is 1. The first-order chi connectivity index (χ1) is 18.7. The number of hydrogen-bond acceptors (Lipinski definition) is 2. The number of aliphatic hydroxyl groups is 2. The van der Waals surface area contributed by atoms with Crippen LogP contribution in [0.1, 0.15) is 110 Å². The summed E-state index contributed by atoms with van der Waals surface area (Å²) in [5.74, 6) is 3.03. The molecule has 222 valence electrons. The van der Waals surface area contributed by atoms with Crippen LogP contribution >= 0.6 is 0 Å². The Balaban J connectivity index is 1.33. The second-order valence-corrected chi connectivity index (χ2v) is 17.0. The Morgan fingerprint density at radius 3 is 2.23 bits per heavy atom. The predicted octanol–water partition coefficient (Wildman–Crippen LogP) is 7.58. The number of pyridine rings is 1. The second kappa shape index (κ2) is 9.40. The van der Waals surface area contributed by atoms with Crippen LogP contribution in [0.2, 0.25) is 0 Å². The molecule has 1 heterocycles.